The Morgan fingerprint density at radius 3 is 2.46 bits per heavy atom. The molecule has 3 heterocycles. The molecule has 1 saturated heterocycles. The van der Waals surface area contributed by atoms with Gasteiger partial charge in [-0.15, -0.1) is 15.3 Å². The summed E-state index contributed by atoms with van der Waals surface area (Å²) in [5.74, 6) is -3.72. The lowest BCUT2D eigenvalue weighted by Crippen LogP contribution is -2.34. The van der Waals surface area contributed by atoms with Crippen molar-refractivity contribution in [2.24, 2.45) is 0 Å². The van der Waals surface area contributed by atoms with Gasteiger partial charge in [0.05, 0.1) is 0 Å². The van der Waals surface area contributed by atoms with E-state index in [1.807, 2.05) is 0 Å². The molecule has 1 N–H and O–H groups in total. The normalized spacial score (nSPS) is 17.5. The minimum atomic E-state index is -4.76. The molecule has 7 nitrogen and oxygen atoms in total. The molecule has 2 aromatic heterocycles. The lowest BCUT2D eigenvalue weighted by atomic mass is 10.2. The van der Waals surface area contributed by atoms with Crippen LogP contribution in [0, 0.1) is 11.6 Å². The number of rotatable bonds is 3. The number of carbonyl (C=O) groups excluding carboxylic acids is 1. The number of alkyl halides is 3. The van der Waals surface area contributed by atoms with E-state index in [9.17, 15) is 26.7 Å². The maximum Gasteiger partial charge on any atom is 0.453 e. The summed E-state index contributed by atoms with van der Waals surface area (Å²) in [5.41, 5.74) is -0.580. The van der Waals surface area contributed by atoms with Crippen molar-refractivity contribution >= 4 is 23.1 Å². The summed E-state index contributed by atoms with van der Waals surface area (Å²) >= 11 is 0. The number of nitrogens with one attached hydrogen (secondary N) is 1. The third-order valence-electron chi connectivity index (χ3n) is 4.25. The SMILES string of the molecule is O=C1C(Nc2ccc3nnc(C(F)(F)F)n3n2)CCN1c1c(F)cccc1F. The monoisotopic (exact) mass is 398 g/mol. The molecule has 28 heavy (non-hydrogen) atoms. The van der Waals surface area contributed by atoms with Crippen LogP contribution in [0.25, 0.3) is 5.65 Å². The quantitative estimate of drug-likeness (QED) is 0.687. The van der Waals surface area contributed by atoms with Gasteiger partial charge in [-0.25, -0.2) is 8.78 Å². The van der Waals surface area contributed by atoms with Crippen LogP contribution in [-0.2, 0) is 11.0 Å². The maximum absolute atomic E-state index is 13.9. The molecule has 0 radical (unpaired) electrons. The highest BCUT2D eigenvalue weighted by Gasteiger charge is 2.38. The average Bonchev–Trinajstić information content (AvgIpc) is 3.20. The van der Waals surface area contributed by atoms with E-state index in [2.05, 4.69) is 20.6 Å². The highest BCUT2D eigenvalue weighted by Crippen LogP contribution is 2.30. The van der Waals surface area contributed by atoms with Crippen LogP contribution in [0.2, 0.25) is 0 Å². The van der Waals surface area contributed by atoms with Crippen LogP contribution in [0.1, 0.15) is 12.2 Å². The van der Waals surface area contributed by atoms with Gasteiger partial charge in [0.25, 0.3) is 5.82 Å². The number of nitrogens with zero attached hydrogens (tertiary/aromatic N) is 5. The average molecular weight is 398 g/mol. The maximum atomic E-state index is 13.9. The van der Waals surface area contributed by atoms with Crippen molar-refractivity contribution in [3.05, 3.63) is 47.8 Å². The number of hydrogen-bond acceptors (Lipinski definition) is 5. The smallest absolute Gasteiger partial charge is 0.357 e. The summed E-state index contributed by atoms with van der Waals surface area (Å²) in [4.78, 5) is 13.5. The van der Waals surface area contributed by atoms with Crippen LogP contribution in [0.5, 0.6) is 0 Å². The van der Waals surface area contributed by atoms with Crippen molar-refractivity contribution in [3.63, 3.8) is 0 Å². The van der Waals surface area contributed by atoms with Crippen molar-refractivity contribution in [1.29, 1.82) is 0 Å². The number of para-hydroxylation sites is 1. The van der Waals surface area contributed by atoms with Gasteiger partial charge in [-0.05, 0) is 30.7 Å². The molecule has 1 atom stereocenters. The Labute approximate surface area is 153 Å². The van der Waals surface area contributed by atoms with E-state index in [0.717, 1.165) is 17.0 Å². The zero-order valence-electron chi connectivity index (χ0n) is 13.9. The summed E-state index contributed by atoms with van der Waals surface area (Å²) in [6.45, 7) is 0.0387. The van der Waals surface area contributed by atoms with Gasteiger partial charge in [0.1, 0.15) is 29.2 Å². The lowest BCUT2D eigenvalue weighted by Gasteiger charge is -2.18. The minimum Gasteiger partial charge on any atom is -0.357 e. The number of halogens is 5. The number of amides is 1. The fourth-order valence-electron chi connectivity index (χ4n) is 3.00. The summed E-state index contributed by atoms with van der Waals surface area (Å²) < 4.78 is 67.2. The van der Waals surface area contributed by atoms with Crippen LogP contribution < -0.4 is 10.2 Å². The number of carbonyl (C=O) groups is 1. The molecular formula is C16H11F5N6O. The Balaban J connectivity index is 1.59. The van der Waals surface area contributed by atoms with E-state index in [4.69, 9.17) is 0 Å². The van der Waals surface area contributed by atoms with Crippen molar-refractivity contribution < 1.29 is 26.7 Å². The Kier molecular flexibility index (Phi) is 4.12. The van der Waals surface area contributed by atoms with Gasteiger partial charge in [0.2, 0.25) is 5.91 Å². The van der Waals surface area contributed by atoms with Crippen molar-refractivity contribution in [2.75, 3.05) is 16.8 Å². The Bertz CT molecular complexity index is 1050. The molecule has 1 fully saturated rings. The summed E-state index contributed by atoms with van der Waals surface area (Å²) in [6.07, 6.45) is -4.58. The minimum absolute atomic E-state index is 0.0352. The van der Waals surface area contributed by atoms with Crippen LogP contribution in [0.3, 0.4) is 0 Å². The highest BCUT2D eigenvalue weighted by molar-refractivity contribution is 6.01. The van der Waals surface area contributed by atoms with Gasteiger partial charge in [-0.3, -0.25) is 4.79 Å². The van der Waals surface area contributed by atoms with Gasteiger partial charge >= 0.3 is 6.18 Å². The second-order valence-corrected chi connectivity index (χ2v) is 6.06. The molecule has 1 unspecified atom stereocenters. The molecular weight excluding hydrogens is 387 g/mol. The van der Waals surface area contributed by atoms with Gasteiger partial charge < -0.3 is 10.2 Å². The fourth-order valence-corrected chi connectivity index (χ4v) is 3.00. The van der Waals surface area contributed by atoms with Crippen molar-refractivity contribution in [1.82, 2.24) is 19.8 Å². The van der Waals surface area contributed by atoms with E-state index < -0.39 is 41.3 Å². The van der Waals surface area contributed by atoms with E-state index in [0.29, 0.717) is 4.52 Å². The first-order valence-corrected chi connectivity index (χ1v) is 8.07. The van der Waals surface area contributed by atoms with Crippen molar-refractivity contribution in [2.45, 2.75) is 18.6 Å². The molecule has 0 bridgehead atoms. The lowest BCUT2D eigenvalue weighted by molar-refractivity contribution is -0.146. The van der Waals surface area contributed by atoms with Gasteiger partial charge in [-0.1, -0.05) is 6.07 Å². The van der Waals surface area contributed by atoms with E-state index in [1.54, 1.807) is 0 Å². The number of benzene rings is 1. The van der Waals surface area contributed by atoms with E-state index in [1.165, 1.54) is 18.2 Å². The second kappa shape index (κ2) is 6.39. The number of fused-ring (bicyclic) bond motifs is 1. The molecule has 0 spiro atoms. The zero-order valence-corrected chi connectivity index (χ0v) is 13.9. The van der Waals surface area contributed by atoms with Crippen LogP contribution in [0.4, 0.5) is 33.5 Å². The molecule has 0 aliphatic carbocycles. The molecule has 12 heteroatoms. The van der Waals surface area contributed by atoms with E-state index in [-0.39, 0.29) is 24.4 Å². The first-order valence-electron chi connectivity index (χ1n) is 8.07. The molecule has 3 aromatic rings. The van der Waals surface area contributed by atoms with Crippen LogP contribution in [0.15, 0.2) is 30.3 Å². The molecule has 0 saturated carbocycles. The highest BCUT2D eigenvalue weighted by atomic mass is 19.4. The van der Waals surface area contributed by atoms with Crippen LogP contribution >= 0.6 is 0 Å². The third kappa shape index (κ3) is 3.00. The molecule has 1 amide bonds. The predicted molar refractivity (Wildman–Crippen MR) is 86.5 cm³/mol. The van der Waals surface area contributed by atoms with Crippen LogP contribution in [-0.4, -0.2) is 38.3 Å². The Morgan fingerprint density at radius 2 is 1.79 bits per heavy atom. The fraction of sp³-hybridized carbons (Fsp3) is 0.250. The largest absolute Gasteiger partial charge is 0.453 e. The molecule has 1 aliphatic heterocycles. The van der Waals surface area contributed by atoms with Gasteiger partial charge in [0, 0.05) is 6.54 Å². The molecule has 1 aromatic carbocycles. The van der Waals surface area contributed by atoms with Crippen molar-refractivity contribution in [3.8, 4) is 0 Å². The number of hydrogen-bond donors (Lipinski definition) is 1. The summed E-state index contributed by atoms with van der Waals surface area (Å²) in [6, 6.07) is 4.93. The first kappa shape index (κ1) is 18.1. The van der Waals surface area contributed by atoms with Gasteiger partial charge in [0.15, 0.2) is 5.65 Å². The Hall–Kier alpha value is -3.31. The predicted octanol–water partition coefficient (Wildman–Crippen LogP) is 2.64. The second-order valence-electron chi connectivity index (χ2n) is 6.06. The van der Waals surface area contributed by atoms with Gasteiger partial charge in [-0.2, -0.15) is 17.7 Å². The Morgan fingerprint density at radius 1 is 1.07 bits per heavy atom. The molecule has 146 valence electrons. The summed E-state index contributed by atoms with van der Waals surface area (Å²) in [7, 11) is 0. The zero-order chi connectivity index (χ0) is 20.1. The molecule has 4 rings (SSSR count). The summed E-state index contributed by atoms with van der Waals surface area (Å²) in [5, 5.41) is 12.9. The number of aromatic nitrogens is 4. The number of anilines is 2. The molecule has 1 aliphatic rings. The third-order valence-corrected chi connectivity index (χ3v) is 4.25. The topological polar surface area (TPSA) is 75.4 Å². The standard InChI is InChI=1S/C16H11F5N6O/c17-8-2-1-3-9(18)13(8)26-7-6-10(14(26)28)22-11-4-5-12-23-24-15(16(19,20)21)27(12)25-11/h1-5,10H,6-7H2,(H,22,25). The van der Waals surface area contributed by atoms with E-state index >= 15 is 0 Å². The first-order chi connectivity index (χ1) is 13.3.